The summed E-state index contributed by atoms with van der Waals surface area (Å²) in [6.07, 6.45) is 4.03. The second-order valence-corrected chi connectivity index (χ2v) is 7.89. The zero-order valence-electron chi connectivity index (χ0n) is 16.0. The summed E-state index contributed by atoms with van der Waals surface area (Å²) in [4.78, 5) is 0. The zero-order chi connectivity index (χ0) is 20.5. The summed E-state index contributed by atoms with van der Waals surface area (Å²) in [6, 6.07) is 9.75. The molecular formula is C25H20F4. The molecule has 3 aromatic carbocycles. The van der Waals surface area contributed by atoms with Gasteiger partial charge in [0.25, 0.3) is 0 Å². The molecule has 0 N–H and O–H groups in total. The van der Waals surface area contributed by atoms with Gasteiger partial charge in [0.1, 0.15) is 11.6 Å². The Hall–Kier alpha value is -2.80. The van der Waals surface area contributed by atoms with Crippen LogP contribution in [0.5, 0.6) is 0 Å². The molecule has 0 saturated heterocycles. The van der Waals surface area contributed by atoms with Crippen molar-refractivity contribution in [3.63, 3.8) is 0 Å². The second-order valence-electron chi connectivity index (χ2n) is 7.89. The van der Waals surface area contributed by atoms with Gasteiger partial charge in [0.15, 0.2) is 11.6 Å². The summed E-state index contributed by atoms with van der Waals surface area (Å²) in [5, 5.41) is 0.997. The molecule has 3 aromatic rings. The standard InChI is InChI=1S/C25H20F4/c1-15-2-6-17(7-3-15)20-12-22(26)21(23(27)13-20)9-5-16-4-8-18-11-24(28)25(29)14-19(18)10-16/h4,8,10-15,17H,2-3,6-7H2,1H3. The number of hydrogen-bond acceptors (Lipinski definition) is 0. The van der Waals surface area contributed by atoms with E-state index >= 15 is 0 Å². The van der Waals surface area contributed by atoms with Gasteiger partial charge in [-0.2, -0.15) is 0 Å². The lowest BCUT2D eigenvalue weighted by Gasteiger charge is -2.26. The van der Waals surface area contributed by atoms with Crippen molar-refractivity contribution in [3.8, 4) is 11.8 Å². The van der Waals surface area contributed by atoms with E-state index in [1.54, 1.807) is 18.2 Å². The van der Waals surface area contributed by atoms with E-state index in [1.165, 1.54) is 12.1 Å². The molecule has 0 aliphatic heterocycles. The summed E-state index contributed by atoms with van der Waals surface area (Å²) < 4.78 is 55.9. The van der Waals surface area contributed by atoms with Crippen molar-refractivity contribution >= 4 is 10.8 Å². The zero-order valence-corrected chi connectivity index (χ0v) is 16.0. The molecule has 0 radical (unpaired) electrons. The highest BCUT2D eigenvalue weighted by Gasteiger charge is 2.22. The summed E-state index contributed by atoms with van der Waals surface area (Å²) in [7, 11) is 0. The Morgan fingerprint density at radius 3 is 1.97 bits per heavy atom. The van der Waals surface area contributed by atoms with Crippen LogP contribution in [0.3, 0.4) is 0 Å². The average molecular weight is 396 g/mol. The fourth-order valence-corrected chi connectivity index (χ4v) is 4.00. The smallest absolute Gasteiger partial charge is 0.159 e. The molecule has 0 unspecified atom stereocenters. The summed E-state index contributed by atoms with van der Waals surface area (Å²) >= 11 is 0. The quantitative estimate of drug-likeness (QED) is 0.304. The van der Waals surface area contributed by atoms with Gasteiger partial charge in [0.05, 0.1) is 5.56 Å². The first-order valence-electron chi connectivity index (χ1n) is 9.80. The SMILES string of the molecule is CC1CCC(c2cc(F)c(C#Cc3ccc4cc(F)c(F)cc4c3)c(F)c2)CC1. The van der Waals surface area contributed by atoms with E-state index in [0.717, 1.165) is 37.8 Å². The minimum absolute atomic E-state index is 0.188. The van der Waals surface area contributed by atoms with Crippen LogP contribution in [0.1, 0.15) is 55.2 Å². The van der Waals surface area contributed by atoms with Crippen molar-refractivity contribution < 1.29 is 17.6 Å². The lowest BCUT2D eigenvalue weighted by Crippen LogP contribution is -2.11. The maximum absolute atomic E-state index is 14.6. The Labute approximate surface area is 167 Å². The molecule has 1 fully saturated rings. The molecular weight excluding hydrogens is 376 g/mol. The van der Waals surface area contributed by atoms with E-state index in [1.807, 2.05) is 0 Å². The molecule has 1 saturated carbocycles. The van der Waals surface area contributed by atoms with Crippen LogP contribution in [-0.4, -0.2) is 0 Å². The first-order valence-corrected chi connectivity index (χ1v) is 9.80. The fourth-order valence-electron chi connectivity index (χ4n) is 4.00. The lowest BCUT2D eigenvalue weighted by molar-refractivity contribution is 0.346. The van der Waals surface area contributed by atoms with Crippen molar-refractivity contribution in [3.05, 3.63) is 82.4 Å². The first-order chi connectivity index (χ1) is 13.9. The molecule has 4 rings (SSSR count). The highest BCUT2D eigenvalue weighted by Crippen LogP contribution is 2.36. The second kappa shape index (κ2) is 7.91. The number of rotatable bonds is 1. The van der Waals surface area contributed by atoms with Gasteiger partial charge in [-0.15, -0.1) is 0 Å². The third-order valence-electron chi connectivity index (χ3n) is 5.76. The molecule has 0 heterocycles. The van der Waals surface area contributed by atoms with Crippen LogP contribution in [0.4, 0.5) is 17.6 Å². The Kier molecular flexibility index (Phi) is 5.32. The molecule has 0 aromatic heterocycles. The number of fused-ring (bicyclic) bond motifs is 1. The highest BCUT2D eigenvalue weighted by molar-refractivity contribution is 5.84. The van der Waals surface area contributed by atoms with Crippen molar-refractivity contribution in [1.29, 1.82) is 0 Å². The Morgan fingerprint density at radius 2 is 1.31 bits per heavy atom. The van der Waals surface area contributed by atoms with Crippen LogP contribution in [0.15, 0.2) is 42.5 Å². The normalized spacial score (nSPS) is 19.1. The third kappa shape index (κ3) is 4.15. The van der Waals surface area contributed by atoms with Crippen LogP contribution in [0.25, 0.3) is 10.8 Å². The predicted octanol–water partition coefficient (Wildman–Crippen LogP) is 7.09. The van der Waals surface area contributed by atoms with Crippen LogP contribution < -0.4 is 0 Å². The minimum Gasteiger partial charge on any atom is -0.206 e. The molecule has 1 aliphatic rings. The average Bonchev–Trinajstić information content (AvgIpc) is 2.69. The van der Waals surface area contributed by atoms with Crippen molar-refractivity contribution in [2.24, 2.45) is 5.92 Å². The van der Waals surface area contributed by atoms with Crippen LogP contribution in [-0.2, 0) is 0 Å². The topological polar surface area (TPSA) is 0 Å². The molecule has 0 amide bonds. The molecule has 148 valence electrons. The maximum atomic E-state index is 14.6. The van der Waals surface area contributed by atoms with Gasteiger partial charge in [-0.05, 0) is 77.4 Å². The summed E-state index contributed by atoms with van der Waals surface area (Å²) in [5.74, 6) is 2.93. The Bertz CT molecular complexity index is 1110. The molecule has 0 spiro atoms. The Morgan fingerprint density at radius 1 is 0.690 bits per heavy atom. The van der Waals surface area contributed by atoms with Crippen molar-refractivity contribution in [2.75, 3.05) is 0 Å². The lowest BCUT2D eigenvalue weighted by atomic mass is 9.79. The molecule has 1 aliphatic carbocycles. The summed E-state index contributed by atoms with van der Waals surface area (Å²) in [5.41, 5.74) is 0.886. The van der Waals surface area contributed by atoms with Gasteiger partial charge >= 0.3 is 0 Å². The monoisotopic (exact) mass is 396 g/mol. The molecule has 0 nitrogen and oxygen atoms in total. The van der Waals surface area contributed by atoms with Gasteiger partial charge in [0, 0.05) is 5.56 Å². The molecule has 0 atom stereocenters. The van der Waals surface area contributed by atoms with Crippen molar-refractivity contribution in [2.45, 2.75) is 38.5 Å². The van der Waals surface area contributed by atoms with Crippen LogP contribution in [0.2, 0.25) is 0 Å². The largest absolute Gasteiger partial charge is 0.206 e. The van der Waals surface area contributed by atoms with Crippen molar-refractivity contribution in [1.82, 2.24) is 0 Å². The van der Waals surface area contributed by atoms with E-state index in [2.05, 4.69) is 18.8 Å². The van der Waals surface area contributed by atoms with Gasteiger partial charge < -0.3 is 0 Å². The van der Waals surface area contributed by atoms with Crippen LogP contribution in [0, 0.1) is 41.0 Å². The van der Waals surface area contributed by atoms with E-state index in [4.69, 9.17) is 0 Å². The predicted molar refractivity (Wildman–Crippen MR) is 107 cm³/mol. The van der Waals surface area contributed by atoms with Gasteiger partial charge in [0.2, 0.25) is 0 Å². The van der Waals surface area contributed by atoms with E-state index in [0.29, 0.717) is 27.8 Å². The Balaban J connectivity index is 1.62. The van der Waals surface area contributed by atoms with E-state index < -0.39 is 23.3 Å². The van der Waals surface area contributed by atoms with Gasteiger partial charge in [-0.1, -0.05) is 37.7 Å². The highest BCUT2D eigenvalue weighted by atomic mass is 19.2. The molecule has 29 heavy (non-hydrogen) atoms. The minimum atomic E-state index is -0.951. The van der Waals surface area contributed by atoms with E-state index in [-0.39, 0.29) is 11.5 Å². The van der Waals surface area contributed by atoms with Gasteiger partial charge in [-0.3, -0.25) is 0 Å². The third-order valence-corrected chi connectivity index (χ3v) is 5.76. The van der Waals surface area contributed by atoms with Gasteiger partial charge in [-0.25, -0.2) is 17.6 Å². The van der Waals surface area contributed by atoms with Crippen LogP contribution >= 0.6 is 0 Å². The number of hydrogen-bond donors (Lipinski definition) is 0. The molecule has 4 heteroatoms. The maximum Gasteiger partial charge on any atom is 0.159 e. The number of halogens is 4. The summed E-state index contributed by atoms with van der Waals surface area (Å²) in [6.45, 7) is 2.20. The number of benzene rings is 3. The molecule has 0 bridgehead atoms. The fraction of sp³-hybridized carbons (Fsp3) is 0.280. The van der Waals surface area contributed by atoms with E-state index in [9.17, 15) is 17.6 Å². The first kappa shape index (κ1) is 19.5.